The van der Waals surface area contributed by atoms with Crippen molar-refractivity contribution in [3.8, 4) is 0 Å². The minimum Gasteiger partial charge on any atom is -0.481 e. The van der Waals surface area contributed by atoms with Crippen LogP contribution in [0.25, 0.3) is 0 Å². The topological polar surface area (TPSA) is 101 Å². The Hall–Kier alpha value is -1.10. The van der Waals surface area contributed by atoms with Gasteiger partial charge < -0.3 is 15.9 Å². The van der Waals surface area contributed by atoms with Crippen LogP contribution in [0.3, 0.4) is 0 Å². The van der Waals surface area contributed by atoms with Crippen molar-refractivity contribution in [3.63, 3.8) is 0 Å². The highest BCUT2D eigenvalue weighted by Gasteiger charge is 2.51. The summed E-state index contributed by atoms with van der Waals surface area (Å²) in [7, 11) is 0. The molecule has 1 saturated carbocycles. The maximum absolute atomic E-state index is 10.8. The number of rotatable bonds is 2. The van der Waals surface area contributed by atoms with Gasteiger partial charge in [0.1, 0.15) is 5.54 Å². The maximum atomic E-state index is 10.8. The second kappa shape index (κ2) is 2.99. The molecule has 3 atom stereocenters. The van der Waals surface area contributed by atoms with Crippen LogP contribution in [0.15, 0.2) is 0 Å². The lowest BCUT2D eigenvalue weighted by Crippen LogP contribution is -2.51. The zero-order valence-electron chi connectivity index (χ0n) is 7.36. The molecule has 74 valence electrons. The van der Waals surface area contributed by atoms with E-state index in [4.69, 9.17) is 15.9 Å². The van der Waals surface area contributed by atoms with Gasteiger partial charge in [0.25, 0.3) is 0 Å². The molecule has 0 amide bonds. The van der Waals surface area contributed by atoms with Gasteiger partial charge in [0, 0.05) is 0 Å². The molecular weight excluding hydrogens is 174 g/mol. The Morgan fingerprint density at radius 2 is 2.00 bits per heavy atom. The molecule has 4 N–H and O–H groups in total. The first-order valence-electron chi connectivity index (χ1n) is 4.14. The van der Waals surface area contributed by atoms with E-state index in [0.29, 0.717) is 6.42 Å². The van der Waals surface area contributed by atoms with Crippen molar-refractivity contribution in [3.05, 3.63) is 0 Å². The highest BCUT2D eigenvalue weighted by atomic mass is 16.4. The number of hydrogen-bond donors (Lipinski definition) is 3. The largest absolute Gasteiger partial charge is 0.481 e. The van der Waals surface area contributed by atoms with E-state index in [1.807, 2.05) is 0 Å². The van der Waals surface area contributed by atoms with Gasteiger partial charge in [-0.3, -0.25) is 9.59 Å². The van der Waals surface area contributed by atoms with Gasteiger partial charge in [0.2, 0.25) is 0 Å². The van der Waals surface area contributed by atoms with Crippen LogP contribution in [0.5, 0.6) is 0 Å². The minimum absolute atomic E-state index is 0.237. The number of hydrogen-bond acceptors (Lipinski definition) is 3. The van der Waals surface area contributed by atoms with E-state index < -0.39 is 29.3 Å². The third-order valence-electron chi connectivity index (χ3n) is 3.00. The van der Waals surface area contributed by atoms with Gasteiger partial charge in [-0.25, -0.2) is 0 Å². The molecule has 5 nitrogen and oxygen atoms in total. The van der Waals surface area contributed by atoms with E-state index in [1.54, 1.807) is 6.92 Å². The molecule has 0 spiro atoms. The maximum Gasteiger partial charge on any atom is 0.323 e. The lowest BCUT2D eigenvalue weighted by atomic mass is 9.85. The van der Waals surface area contributed by atoms with Gasteiger partial charge in [0.15, 0.2) is 0 Å². The monoisotopic (exact) mass is 187 g/mol. The summed E-state index contributed by atoms with van der Waals surface area (Å²) >= 11 is 0. The molecule has 1 aliphatic carbocycles. The zero-order chi connectivity index (χ0) is 10.2. The molecule has 0 bridgehead atoms. The molecule has 0 aliphatic heterocycles. The summed E-state index contributed by atoms with van der Waals surface area (Å²) in [6, 6.07) is 0. The number of carboxylic acids is 2. The normalized spacial score (nSPS) is 38.9. The molecule has 0 radical (unpaired) electrons. The molecule has 1 rings (SSSR count). The van der Waals surface area contributed by atoms with Gasteiger partial charge >= 0.3 is 11.9 Å². The third-order valence-corrected chi connectivity index (χ3v) is 3.00. The van der Waals surface area contributed by atoms with Crippen LogP contribution in [-0.4, -0.2) is 27.7 Å². The second-order valence-electron chi connectivity index (χ2n) is 3.62. The van der Waals surface area contributed by atoms with Crippen LogP contribution >= 0.6 is 0 Å². The lowest BCUT2D eigenvalue weighted by Gasteiger charge is -2.25. The summed E-state index contributed by atoms with van der Waals surface area (Å²) in [6.45, 7) is 1.58. The number of carboxylic acid groups (broad SMARTS) is 2. The van der Waals surface area contributed by atoms with Gasteiger partial charge in [-0.2, -0.15) is 0 Å². The van der Waals surface area contributed by atoms with E-state index >= 15 is 0 Å². The smallest absolute Gasteiger partial charge is 0.323 e. The van der Waals surface area contributed by atoms with Gasteiger partial charge in [-0.1, -0.05) is 6.92 Å². The SMILES string of the molecule is C[C@@H]1[C@@H](C(=O)O)CC[C@@]1(N)C(=O)O. The summed E-state index contributed by atoms with van der Waals surface area (Å²) in [5.74, 6) is -3.20. The van der Waals surface area contributed by atoms with Crippen molar-refractivity contribution in [2.45, 2.75) is 25.3 Å². The highest BCUT2D eigenvalue weighted by Crippen LogP contribution is 2.38. The molecule has 13 heavy (non-hydrogen) atoms. The van der Waals surface area contributed by atoms with Crippen LogP contribution < -0.4 is 5.73 Å². The Morgan fingerprint density at radius 3 is 2.23 bits per heavy atom. The van der Waals surface area contributed by atoms with Crippen molar-refractivity contribution in [2.75, 3.05) is 0 Å². The summed E-state index contributed by atoms with van der Waals surface area (Å²) < 4.78 is 0. The highest BCUT2D eigenvalue weighted by molar-refractivity contribution is 5.82. The third kappa shape index (κ3) is 1.39. The van der Waals surface area contributed by atoms with E-state index in [9.17, 15) is 9.59 Å². The Morgan fingerprint density at radius 1 is 1.46 bits per heavy atom. The molecule has 0 heterocycles. The van der Waals surface area contributed by atoms with E-state index in [0.717, 1.165) is 0 Å². The Bertz CT molecular complexity index is 253. The summed E-state index contributed by atoms with van der Waals surface area (Å²) in [5, 5.41) is 17.6. The van der Waals surface area contributed by atoms with Crippen LogP contribution in [-0.2, 0) is 9.59 Å². The summed E-state index contributed by atoms with van der Waals surface area (Å²) in [4.78, 5) is 21.5. The summed E-state index contributed by atoms with van der Waals surface area (Å²) in [5.41, 5.74) is 4.25. The fourth-order valence-corrected chi connectivity index (χ4v) is 1.87. The molecular formula is C8H13NO4. The van der Waals surface area contributed by atoms with Gasteiger partial charge in [-0.15, -0.1) is 0 Å². The predicted octanol–water partition coefficient (Wildman–Crippen LogP) is -0.101. The van der Waals surface area contributed by atoms with E-state index in [-0.39, 0.29) is 6.42 Å². The molecule has 0 aromatic carbocycles. The molecule has 0 aromatic heterocycles. The standard InChI is InChI=1S/C8H13NO4/c1-4-5(6(10)11)2-3-8(4,9)7(12)13/h4-5H,2-3,9H2,1H3,(H,10,11)(H,12,13)/t4-,5+,8+/m1/s1. The Kier molecular flexibility index (Phi) is 2.30. The Balaban J connectivity index is 2.87. The lowest BCUT2D eigenvalue weighted by molar-refractivity contribution is -0.147. The molecule has 0 aromatic rings. The first-order valence-corrected chi connectivity index (χ1v) is 4.14. The number of aliphatic carboxylic acids is 2. The fraction of sp³-hybridized carbons (Fsp3) is 0.750. The average Bonchev–Trinajstić information content (AvgIpc) is 2.30. The predicted molar refractivity (Wildman–Crippen MR) is 44.1 cm³/mol. The van der Waals surface area contributed by atoms with Crippen LogP contribution in [0.4, 0.5) is 0 Å². The van der Waals surface area contributed by atoms with Crippen molar-refractivity contribution in [1.29, 1.82) is 0 Å². The van der Waals surface area contributed by atoms with Crippen molar-refractivity contribution < 1.29 is 19.8 Å². The molecule has 0 saturated heterocycles. The van der Waals surface area contributed by atoms with Crippen LogP contribution in [0.1, 0.15) is 19.8 Å². The quantitative estimate of drug-likeness (QED) is 0.560. The van der Waals surface area contributed by atoms with Gasteiger partial charge in [0.05, 0.1) is 5.92 Å². The van der Waals surface area contributed by atoms with Crippen molar-refractivity contribution in [1.82, 2.24) is 0 Å². The zero-order valence-corrected chi connectivity index (χ0v) is 7.36. The summed E-state index contributed by atoms with van der Waals surface area (Å²) in [6.07, 6.45) is 0.583. The van der Waals surface area contributed by atoms with Gasteiger partial charge in [-0.05, 0) is 18.8 Å². The van der Waals surface area contributed by atoms with Crippen LogP contribution in [0, 0.1) is 11.8 Å². The first-order chi connectivity index (χ1) is 5.89. The Labute approximate surface area is 75.5 Å². The van der Waals surface area contributed by atoms with Crippen molar-refractivity contribution >= 4 is 11.9 Å². The van der Waals surface area contributed by atoms with E-state index in [2.05, 4.69) is 0 Å². The van der Waals surface area contributed by atoms with E-state index in [1.165, 1.54) is 0 Å². The first kappa shape index (κ1) is 9.98. The average molecular weight is 187 g/mol. The molecule has 1 aliphatic rings. The minimum atomic E-state index is -1.36. The molecule has 1 fully saturated rings. The second-order valence-corrected chi connectivity index (χ2v) is 3.62. The molecule has 5 heteroatoms. The van der Waals surface area contributed by atoms with Crippen LogP contribution in [0.2, 0.25) is 0 Å². The van der Waals surface area contributed by atoms with Crippen molar-refractivity contribution in [2.24, 2.45) is 17.6 Å². The fourth-order valence-electron chi connectivity index (χ4n) is 1.87. The number of carbonyl (C=O) groups is 2. The molecule has 0 unspecified atom stereocenters. The number of nitrogens with two attached hydrogens (primary N) is 1.